The van der Waals surface area contributed by atoms with E-state index < -0.39 is 6.04 Å². The van der Waals surface area contributed by atoms with Crippen LogP contribution in [0.1, 0.15) is 30.2 Å². The summed E-state index contributed by atoms with van der Waals surface area (Å²) < 4.78 is 0. The zero-order valence-corrected chi connectivity index (χ0v) is 19.4. The van der Waals surface area contributed by atoms with Crippen LogP contribution in [-0.2, 0) is 22.6 Å². The molecule has 2 atom stereocenters. The van der Waals surface area contributed by atoms with Crippen LogP contribution in [0, 0.1) is 6.92 Å². The van der Waals surface area contributed by atoms with E-state index in [1.165, 1.54) is 0 Å². The minimum Gasteiger partial charge on any atom is -0.343 e. The second-order valence-electron chi connectivity index (χ2n) is 8.07. The van der Waals surface area contributed by atoms with Crippen LogP contribution >= 0.6 is 12.4 Å². The van der Waals surface area contributed by atoms with Gasteiger partial charge in [-0.3, -0.25) is 14.6 Å². The number of rotatable bonds is 5. The van der Waals surface area contributed by atoms with E-state index in [4.69, 9.17) is 0 Å². The highest BCUT2D eigenvalue weighted by Crippen LogP contribution is 2.31. The van der Waals surface area contributed by atoms with Crippen LogP contribution in [0.15, 0.2) is 54.7 Å². The van der Waals surface area contributed by atoms with Crippen LogP contribution < -0.4 is 15.5 Å². The van der Waals surface area contributed by atoms with E-state index in [9.17, 15) is 9.59 Å². The molecule has 4 rings (SSSR count). The van der Waals surface area contributed by atoms with Crippen LogP contribution in [-0.4, -0.2) is 35.9 Å². The van der Waals surface area contributed by atoms with Gasteiger partial charge in [0.25, 0.3) is 0 Å². The SMILES string of the molecule is CNC(C)C(=O)NC1CCc2ccccc2N(Cc2c(C)ncc3ccccc23)C1=O.Cl. The lowest BCUT2D eigenvalue weighted by Crippen LogP contribution is -2.52. The summed E-state index contributed by atoms with van der Waals surface area (Å²) in [4.78, 5) is 32.6. The number of para-hydroxylation sites is 1. The topological polar surface area (TPSA) is 74.3 Å². The summed E-state index contributed by atoms with van der Waals surface area (Å²) >= 11 is 0. The Labute approximate surface area is 194 Å². The molecule has 2 aromatic carbocycles. The zero-order chi connectivity index (χ0) is 22.0. The van der Waals surface area contributed by atoms with Crippen molar-refractivity contribution in [3.05, 3.63) is 71.5 Å². The number of fused-ring (bicyclic) bond motifs is 2. The number of nitrogens with one attached hydrogen (secondary N) is 2. The first-order valence-corrected chi connectivity index (χ1v) is 10.7. The van der Waals surface area contributed by atoms with Gasteiger partial charge in [-0.2, -0.15) is 0 Å². The van der Waals surface area contributed by atoms with Crippen molar-refractivity contribution in [3.8, 4) is 0 Å². The molecule has 1 aliphatic rings. The molecule has 0 saturated carbocycles. The summed E-state index contributed by atoms with van der Waals surface area (Å²) in [5, 5.41) is 8.03. The van der Waals surface area contributed by atoms with Crippen LogP contribution in [0.3, 0.4) is 0 Å². The minimum absolute atomic E-state index is 0. The van der Waals surface area contributed by atoms with Crippen LogP contribution in [0.25, 0.3) is 10.8 Å². The van der Waals surface area contributed by atoms with Gasteiger partial charge in [0.2, 0.25) is 11.8 Å². The van der Waals surface area contributed by atoms with Gasteiger partial charge in [-0.1, -0.05) is 42.5 Å². The summed E-state index contributed by atoms with van der Waals surface area (Å²) in [7, 11) is 1.73. The molecule has 2 heterocycles. The number of aromatic nitrogens is 1. The maximum atomic E-state index is 13.7. The van der Waals surface area contributed by atoms with Gasteiger partial charge in [0, 0.05) is 28.5 Å². The number of aryl methyl sites for hydroxylation is 2. The van der Waals surface area contributed by atoms with Crippen molar-refractivity contribution in [2.24, 2.45) is 0 Å². The molecule has 168 valence electrons. The molecule has 0 fully saturated rings. The number of likely N-dealkylation sites (N-methyl/N-ethyl adjacent to an activating group) is 1. The van der Waals surface area contributed by atoms with E-state index in [-0.39, 0.29) is 30.3 Å². The Hall–Kier alpha value is -2.96. The number of nitrogens with zero attached hydrogens (tertiary/aromatic N) is 2. The van der Waals surface area contributed by atoms with Crippen molar-refractivity contribution in [1.29, 1.82) is 0 Å². The molecular weight excluding hydrogens is 424 g/mol. The summed E-state index contributed by atoms with van der Waals surface area (Å²) in [6, 6.07) is 15.2. The molecule has 32 heavy (non-hydrogen) atoms. The lowest BCUT2D eigenvalue weighted by molar-refractivity contribution is -0.128. The number of hydrogen-bond donors (Lipinski definition) is 2. The first-order chi connectivity index (χ1) is 15.0. The number of anilines is 1. The Morgan fingerprint density at radius 1 is 1.19 bits per heavy atom. The van der Waals surface area contributed by atoms with Crippen molar-refractivity contribution in [2.45, 2.75) is 45.3 Å². The molecule has 0 bridgehead atoms. The molecule has 0 aliphatic carbocycles. The summed E-state index contributed by atoms with van der Waals surface area (Å²) in [6.45, 7) is 4.17. The van der Waals surface area contributed by atoms with Gasteiger partial charge < -0.3 is 15.5 Å². The van der Waals surface area contributed by atoms with Gasteiger partial charge in [-0.15, -0.1) is 12.4 Å². The van der Waals surface area contributed by atoms with Gasteiger partial charge >= 0.3 is 0 Å². The van der Waals surface area contributed by atoms with Crippen molar-refractivity contribution in [1.82, 2.24) is 15.6 Å². The van der Waals surface area contributed by atoms with E-state index >= 15 is 0 Å². The van der Waals surface area contributed by atoms with E-state index in [0.29, 0.717) is 13.0 Å². The van der Waals surface area contributed by atoms with Gasteiger partial charge in [-0.25, -0.2) is 0 Å². The second kappa shape index (κ2) is 10.1. The zero-order valence-electron chi connectivity index (χ0n) is 18.6. The van der Waals surface area contributed by atoms with E-state index in [1.54, 1.807) is 14.0 Å². The third kappa shape index (κ3) is 4.61. The molecular formula is C25H29ClN4O2. The van der Waals surface area contributed by atoms with Gasteiger partial charge in [0.1, 0.15) is 6.04 Å². The van der Waals surface area contributed by atoms with Crippen LogP contribution in [0.5, 0.6) is 0 Å². The van der Waals surface area contributed by atoms with Crippen molar-refractivity contribution >= 4 is 40.7 Å². The average molecular weight is 453 g/mol. The predicted octanol–water partition coefficient (Wildman–Crippen LogP) is 3.54. The summed E-state index contributed by atoms with van der Waals surface area (Å²) in [5.74, 6) is -0.260. The Morgan fingerprint density at radius 2 is 1.91 bits per heavy atom. The molecule has 0 spiro atoms. The minimum atomic E-state index is -0.570. The highest BCUT2D eigenvalue weighted by molar-refractivity contribution is 6.01. The second-order valence-corrected chi connectivity index (χ2v) is 8.07. The van der Waals surface area contributed by atoms with Crippen molar-refractivity contribution < 1.29 is 9.59 Å². The summed E-state index contributed by atoms with van der Waals surface area (Å²) in [6.07, 6.45) is 3.17. The summed E-state index contributed by atoms with van der Waals surface area (Å²) in [5.41, 5.74) is 3.94. The fourth-order valence-corrected chi connectivity index (χ4v) is 4.12. The van der Waals surface area contributed by atoms with Gasteiger partial charge in [0.15, 0.2) is 0 Å². The number of amides is 2. The fraction of sp³-hybridized carbons (Fsp3) is 0.320. The number of carbonyl (C=O) groups is 2. The molecule has 6 nitrogen and oxygen atoms in total. The molecule has 0 radical (unpaired) electrons. The Morgan fingerprint density at radius 3 is 2.69 bits per heavy atom. The fourth-order valence-electron chi connectivity index (χ4n) is 4.12. The van der Waals surface area contributed by atoms with Crippen molar-refractivity contribution in [2.75, 3.05) is 11.9 Å². The van der Waals surface area contributed by atoms with Gasteiger partial charge in [-0.05, 0) is 50.8 Å². The number of hydrogen-bond acceptors (Lipinski definition) is 4. The van der Waals surface area contributed by atoms with E-state index in [2.05, 4.69) is 27.8 Å². The first kappa shape index (κ1) is 23.7. The Bertz CT molecular complexity index is 1130. The molecule has 1 aliphatic heterocycles. The number of halogens is 1. The Balaban J connectivity index is 0.00000289. The monoisotopic (exact) mass is 452 g/mol. The van der Waals surface area contributed by atoms with Crippen molar-refractivity contribution in [3.63, 3.8) is 0 Å². The highest BCUT2D eigenvalue weighted by Gasteiger charge is 2.32. The molecule has 0 saturated heterocycles. The molecule has 7 heteroatoms. The third-order valence-corrected chi connectivity index (χ3v) is 6.13. The van der Waals surface area contributed by atoms with E-state index in [1.807, 2.05) is 54.4 Å². The molecule has 1 aromatic heterocycles. The molecule has 2 N–H and O–H groups in total. The molecule has 2 unspecified atom stereocenters. The average Bonchev–Trinajstić information content (AvgIpc) is 2.92. The standard InChI is InChI=1S/C25H28N4O2.ClH/c1-16-21(20-10-6-4-9-19(20)14-27-16)15-29-23-11-7-5-8-18(23)12-13-22(25(29)31)28-24(30)17(2)26-3;/h4-11,14,17,22,26H,12-13,15H2,1-3H3,(H,28,30);1H. The smallest absolute Gasteiger partial charge is 0.249 e. The first-order valence-electron chi connectivity index (χ1n) is 10.7. The maximum Gasteiger partial charge on any atom is 0.249 e. The number of carbonyl (C=O) groups excluding carboxylic acids is 2. The lowest BCUT2D eigenvalue weighted by atomic mass is 10.0. The normalized spacial score (nSPS) is 16.7. The van der Waals surface area contributed by atoms with Crippen LogP contribution in [0.2, 0.25) is 0 Å². The Kier molecular flexibility index (Phi) is 7.48. The number of pyridine rings is 1. The predicted molar refractivity (Wildman–Crippen MR) is 130 cm³/mol. The third-order valence-electron chi connectivity index (χ3n) is 6.13. The van der Waals surface area contributed by atoms with Gasteiger partial charge in [0.05, 0.1) is 12.6 Å². The largest absolute Gasteiger partial charge is 0.343 e. The number of benzene rings is 2. The lowest BCUT2D eigenvalue weighted by Gasteiger charge is -2.28. The molecule has 3 aromatic rings. The van der Waals surface area contributed by atoms with E-state index in [0.717, 1.165) is 39.7 Å². The van der Waals surface area contributed by atoms with Crippen LogP contribution in [0.4, 0.5) is 5.69 Å². The maximum absolute atomic E-state index is 13.7. The quantitative estimate of drug-likeness (QED) is 0.621. The molecule has 2 amide bonds. The highest BCUT2D eigenvalue weighted by atomic mass is 35.5.